The van der Waals surface area contributed by atoms with Crippen molar-refractivity contribution in [2.24, 2.45) is 34.5 Å². The summed E-state index contributed by atoms with van der Waals surface area (Å²) in [5, 5.41) is 0. The van der Waals surface area contributed by atoms with E-state index in [9.17, 15) is 9.59 Å². The summed E-state index contributed by atoms with van der Waals surface area (Å²) in [6.07, 6.45) is 8.12. The van der Waals surface area contributed by atoms with Gasteiger partial charge in [0.2, 0.25) is 0 Å². The van der Waals surface area contributed by atoms with Crippen molar-refractivity contribution < 1.29 is 14.3 Å². The van der Waals surface area contributed by atoms with Gasteiger partial charge in [0.1, 0.15) is 5.78 Å². The molecule has 22 heavy (non-hydrogen) atoms. The SMILES string of the molecule is C[C@]12CCOC(=O)C[C@@H]1CC[C@@H]1[C@@H]2CC[C@]2(C)C(=O)CC[C@@H]12. The average molecular weight is 304 g/mol. The average Bonchev–Trinajstić information content (AvgIpc) is 2.68. The summed E-state index contributed by atoms with van der Waals surface area (Å²) in [6.45, 7) is 5.24. The third-order valence-electron chi connectivity index (χ3n) is 8.09. The van der Waals surface area contributed by atoms with Gasteiger partial charge in [-0.15, -0.1) is 0 Å². The fraction of sp³-hybridized carbons (Fsp3) is 0.895. The number of carbonyl (C=O) groups excluding carboxylic acids is 2. The van der Waals surface area contributed by atoms with Crippen LogP contribution in [0, 0.1) is 34.5 Å². The van der Waals surface area contributed by atoms with Gasteiger partial charge in [0.05, 0.1) is 6.61 Å². The number of Topliss-reactive ketones (excluding diaryl/α,β-unsaturated/α-hetero) is 1. The molecule has 0 spiro atoms. The summed E-state index contributed by atoms with van der Waals surface area (Å²) in [5.74, 6) is 2.98. The Morgan fingerprint density at radius 3 is 2.64 bits per heavy atom. The fourth-order valence-corrected chi connectivity index (χ4v) is 6.68. The zero-order valence-corrected chi connectivity index (χ0v) is 13.9. The van der Waals surface area contributed by atoms with Crippen LogP contribution >= 0.6 is 0 Å². The lowest BCUT2D eigenvalue weighted by atomic mass is 9.47. The first-order valence-electron chi connectivity index (χ1n) is 9.14. The third-order valence-corrected chi connectivity index (χ3v) is 8.09. The molecule has 6 atom stereocenters. The Balaban J connectivity index is 1.66. The molecule has 4 aliphatic rings. The standard InChI is InChI=1S/C19H28O3/c1-18-9-10-22-17(21)11-12(18)3-4-13-14-5-6-16(20)19(14,2)8-7-15(13)18/h12-15H,3-11H2,1-2H3/t12-,13-,14-,15-,18-,19-/m0/s1. The van der Waals surface area contributed by atoms with E-state index >= 15 is 0 Å². The van der Waals surface area contributed by atoms with Crippen LogP contribution in [0.5, 0.6) is 0 Å². The predicted molar refractivity (Wildman–Crippen MR) is 83.1 cm³/mol. The second kappa shape index (κ2) is 4.82. The minimum atomic E-state index is -0.0403. The Morgan fingerprint density at radius 1 is 1.00 bits per heavy atom. The predicted octanol–water partition coefficient (Wildman–Crippen LogP) is 3.75. The lowest BCUT2D eigenvalue weighted by Crippen LogP contribution is -2.52. The maximum atomic E-state index is 12.4. The lowest BCUT2D eigenvalue weighted by molar-refractivity contribution is -0.143. The number of fused-ring (bicyclic) bond motifs is 5. The molecule has 4 rings (SSSR count). The molecule has 3 nitrogen and oxygen atoms in total. The number of carbonyl (C=O) groups is 2. The van der Waals surface area contributed by atoms with Crippen molar-refractivity contribution in [1.29, 1.82) is 0 Å². The second-order valence-corrected chi connectivity index (χ2v) is 8.75. The molecule has 0 N–H and O–H groups in total. The molecule has 4 fully saturated rings. The van der Waals surface area contributed by atoms with E-state index in [0.29, 0.717) is 42.5 Å². The van der Waals surface area contributed by atoms with E-state index in [1.54, 1.807) is 0 Å². The van der Waals surface area contributed by atoms with Crippen LogP contribution in [-0.4, -0.2) is 18.4 Å². The molecule has 0 bridgehead atoms. The summed E-state index contributed by atoms with van der Waals surface area (Å²) in [7, 11) is 0. The molecule has 0 aromatic heterocycles. The van der Waals surface area contributed by atoms with Crippen LogP contribution in [0.25, 0.3) is 0 Å². The van der Waals surface area contributed by atoms with E-state index in [-0.39, 0.29) is 16.8 Å². The summed E-state index contributed by atoms with van der Waals surface area (Å²) < 4.78 is 5.37. The normalized spacial score (nSPS) is 51.4. The number of hydrogen-bond donors (Lipinski definition) is 0. The number of ketones is 1. The topological polar surface area (TPSA) is 43.4 Å². The van der Waals surface area contributed by atoms with E-state index in [4.69, 9.17) is 4.74 Å². The van der Waals surface area contributed by atoms with Crippen LogP contribution in [0.3, 0.4) is 0 Å². The Hall–Kier alpha value is -0.860. The molecule has 0 amide bonds. The first-order chi connectivity index (χ1) is 10.4. The molecule has 0 radical (unpaired) electrons. The lowest BCUT2D eigenvalue weighted by Gasteiger charge is -2.57. The van der Waals surface area contributed by atoms with Gasteiger partial charge in [-0.1, -0.05) is 13.8 Å². The highest BCUT2D eigenvalue weighted by molar-refractivity contribution is 5.87. The molecular formula is C19H28O3. The van der Waals surface area contributed by atoms with Crippen molar-refractivity contribution in [3.63, 3.8) is 0 Å². The van der Waals surface area contributed by atoms with Crippen molar-refractivity contribution in [2.45, 2.75) is 65.2 Å². The molecular weight excluding hydrogens is 276 g/mol. The van der Waals surface area contributed by atoms with Crippen molar-refractivity contribution in [3.8, 4) is 0 Å². The maximum Gasteiger partial charge on any atom is 0.306 e. The van der Waals surface area contributed by atoms with Gasteiger partial charge in [0.15, 0.2) is 0 Å². The summed E-state index contributed by atoms with van der Waals surface area (Å²) in [6, 6.07) is 0. The first-order valence-corrected chi connectivity index (χ1v) is 9.14. The van der Waals surface area contributed by atoms with Gasteiger partial charge in [0, 0.05) is 18.3 Å². The molecule has 0 aromatic rings. The van der Waals surface area contributed by atoms with Crippen molar-refractivity contribution in [1.82, 2.24) is 0 Å². The third kappa shape index (κ3) is 1.86. The second-order valence-electron chi connectivity index (χ2n) is 8.75. The van der Waals surface area contributed by atoms with Crippen molar-refractivity contribution >= 4 is 11.8 Å². The Kier molecular flexibility index (Phi) is 3.22. The number of hydrogen-bond acceptors (Lipinski definition) is 3. The molecule has 1 aliphatic heterocycles. The summed E-state index contributed by atoms with van der Waals surface area (Å²) in [4.78, 5) is 24.3. The molecule has 1 saturated heterocycles. The van der Waals surface area contributed by atoms with Gasteiger partial charge in [-0.05, 0) is 67.6 Å². The minimum Gasteiger partial charge on any atom is -0.466 e. The molecule has 3 saturated carbocycles. The van der Waals surface area contributed by atoms with Crippen LogP contribution in [0.15, 0.2) is 0 Å². The molecule has 0 unspecified atom stereocenters. The molecule has 3 aliphatic carbocycles. The van der Waals surface area contributed by atoms with Gasteiger partial charge in [-0.2, -0.15) is 0 Å². The van der Waals surface area contributed by atoms with Gasteiger partial charge < -0.3 is 4.74 Å². The zero-order chi connectivity index (χ0) is 15.5. The zero-order valence-electron chi connectivity index (χ0n) is 13.9. The van der Waals surface area contributed by atoms with E-state index < -0.39 is 0 Å². The smallest absolute Gasteiger partial charge is 0.306 e. The van der Waals surface area contributed by atoms with E-state index in [1.165, 1.54) is 12.8 Å². The largest absolute Gasteiger partial charge is 0.466 e. The van der Waals surface area contributed by atoms with Crippen LogP contribution in [0.4, 0.5) is 0 Å². The number of ether oxygens (including phenoxy) is 1. The summed E-state index contributed by atoms with van der Waals surface area (Å²) in [5.41, 5.74) is 0.198. The van der Waals surface area contributed by atoms with Crippen LogP contribution in [-0.2, 0) is 14.3 Å². The maximum absolute atomic E-state index is 12.4. The van der Waals surface area contributed by atoms with Crippen LogP contribution in [0.2, 0.25) is 0 Å². The van der Waals surface area contributed by atoms with Crippen LogP contribution in [0.1, 0.15) is 65.2 Å². The van der Waals surface area contributed by atoms with Crippen molar-refractivity contribution in [3.05, 3.63) is 0 Å². The molecule has 122 valence electrons. The Bertz CT molecular complexity index is 513. The Labute approximate surface area is 133 Å². The molecule has 1 heterocycles. The van der Waals surface area contributed by atoms with E-state index in [0.717, 1.165) is 32.1 Å². The highest BCUT2D eigenvalue weighted by atomic mass is 16.5. The van der Waals surface area contributed by atoms with E-state index in [2.05, 4.69) is 13.8 Å². The molecule has 3 heteroatoms. The monoisotopic (exact) mass is 304 g/mol. The number of rotatable bonds is 0. The Morgan fingerprint density at radius 2 is 1.82 bits per heavy atom. The van der Waals surface area contributed by atoms with Gasteiger partial charge in [-0.3, -0.25) is 9.59 Å². The van der Waals surface area contributed by atoms with Crippen LogP contribution < -0.4 is 0 Å². The highest BCUT2D eigenvalue weighted by Gasteiger charge is 2.59. The minimum absolute atomic E-state index is 0.00358. The van der Waals surface area contributed by atoms with Gasteiger partial charge in [0.25, 0.3) is 0 Å². The van der Waals surface area contributed by atoms with Gasteiger partial charge >= 0.3 is 5.97 Å². The molecule has 0 aromatic carbocycles. The number of cyclic esters (lactones) is 1. The van der Waals surface area contributed by atoms with Gasteiger partial charge in [-0.25, -0.2) is 0 Å². The van der Waals surface area contributed by atoms with E-state index in [1.807, 2.05) is 0 Å². The summed E-state index contributed by atoms with van der Waals surface area (Å²) >= 11 is 0. The number of esters is 1. The first kappa shape index (κ1) is 14.7. The fourth-order valence-electron chi connectivity index (χ4n) is 6.68. The highest BCUT2D eigenvalue weighted by Crippen LogP contribution is 2.64. The quantitative estimate of drug-likeness (QED) is 0.640. The van der Waals surface area contributed by atoms with Crippen molar-refractivity contribution in [2.75, 3.05) is 6.61 Å².